The third-order valence-electron chi connectivity index (χ3n) is 5.00. The van der Waals surface area contributed by atoms with Crippen LogP contribution in [0.2, 0.25) is 0 Å². The molecule has 0 radical (unpaired) electrons. The van der Waals surface area contributed by atoms with E-state index in [-0.39, 0.29) is 5.60 Å². The average molecular weight is 283 g/mol. The second-order valence-electron chi connectivity index (χ2n) is 6.29. The van der Waals surface area contributed by atoms with Crippen molar-refractivity contribution in [1.29, 1.82) is 0 Å². The predicted octanol–water partition coefficient (Wildman–Crippen LogP) is 1.56. The summed E-state index contributed by atoms with van der Waals surface area (Å²) in [6, 6.07) is 0.803. The van der Waals surface area contributed by atoms with Gasteiger partial charge in [-0.15, -0.1) is 0 Å². The highest BCUT2D eigenvalue weighted by molar-refractivity contribution is 4.94. The molecule has 0 amide bonds. The number of rotatable bonds is 1. The lowest BCUT2D eigenvalue weighted by Gasteiger charge is -2.48. The third-order valence-corrected chi connectivity index (χ3v) is 5.00. The smallest absolute Gasteiger partial charge is 0.0833 e. The second-order valence-corrected chi connectivity index (χ2v) is 6.29. The molecule has 0 saturated carbocycles. The lowest BCUT2D eigenvalue weighted by molar-refractivity contribution is -0.135. The van der Waals surface area contributed by atoms with Gasteiger partial charge in [-0.05, 0) is 58.9 Å². The van der Waals surface area contributed by atoms with Crippen LogP contribution in [0.3, 0.4) is 0 Å². The summed E-state index contributed by atoms with van der Waals surface area (Å²) in [4.78, 5) is 5.18. The molecule has 3 fully saturated rings. The number of morpholine rings is 1. The zero-order valence-corrected chi connectivity index (χ0v) is 13.7. The van der Waals surface area contributed by atoms with Crippen LogP contribution in [-0.2, 0) is 4.74 Å². The first-order chi connectivity index (χ1) is 9.77. The average Bonchev–Trinajstić information content (AvgIpc) is 2.51. The summed E-state index contributed by atoms with van der Waals surface area (Å²) in [6.45, 7) is 12.0. The number of ether oxygens (including phenoxy) is 1. The van der Waals surface area contributed by atoms with Crippen molar-refractivity contribution in [2.75, 3.05) is 52.9 Å². The van der Waals surface area contributed by atoms with Crippen LogP contribution in [0.25, 0.3) is 0 Å². The zero-order chi connectivity index (χ0) is 14.4. The largest absolute Gasteiger partial charge is 0.372 e. The molecule has 0 bridgehead atoms. The molecule has 1 N–H and O–H groups in total. The van der Waals surface area contributed by atoms with Gasteiger partial charge >= 0.3 is 0 Å². The molecule has 0 atom stereocenters. The Labute approximate surface area is 124 Å². The first-order valence-electron chi connectivity index (χ1n) is 8.55. The molecule has 0 aromatic rings. The van der Waals surface area contributed by atoms with Crippen molar-refractivity contribution < 1.29 is 4.74 Å². The Balaban J connectivity index is 0.000000704. The molecule has 118 valence electrons. The van der Waals surface area contributed by atoms with Crippen molar-refractivity contribution in [2.45, 2.75) is 51.2 Å². The van der Waals surface area contributed by atoms with Crippen molar-refractivity contribution >= 4 is 0 Å². The Morgan fingerprint density at radius 3 is 2.35 bits per heavy atom. The fourth-order valence-electron chi connectivity index (χ4n) is 3.73. The van der Waals surface area contributed by atoms with Gasteiger partial charge in [0.2, 0.25) is 0 Å². The Morgan fingerprint density at radius 1 is 1.05 bits per heavy atom. The summed E-state index contributed by atoms with van der Waals surface area (Å²) in [5.41, 5.74) is 0.173. The summed E-state index contributed by atoms with van der Waals surface area (Å²) in [5, 5.41) is 3.45. The lowest BCUT2D eigenvalue weighted by Crippen LogP contribution is -2.59. The standard InChI is InChI=1S/C14H27N3O.C2H6/c1-16-8-2-13(3-9-16)17-10-11-18-14(12-17)4-6-15-7-5-14;1-2/h13,15H,2-12H2,1H3;1-2H3. The van der Waals surface area contributed by atoms with Gasteiger partial charge in [-0.25, -0.2) is 0 Å². The van der Waals surface area contributed by atoms with Gasteiger partial charge in [0.1, 0.15) is 0 Å². The molecule has 3 aliphatic rings. The van der Waals surface area contributed by atoms with Crippen molar-refractivity contribution in [3.05, 3.63) is 0 Å². The van der Waals surface area contributed by atoms with Crippen LogP contribution < -0.4 is 5.32 Å². The summed E-state index contributed by atoms with van der Waals surface area (Å²) < 4.78 is 6.16. The Kier molecular flexibility index (Phi) is 6.27. The molecule has 0 aliphatic carbocycles. The Bertz CT molecular complexity index is 265. The van der Waals surface area contributed by atoms with Gasteiger partial charge in [-0.2, -0.15) is 0 Å². The molecular weight excluding hydrogens is 250 g/mol. The molecule has 3 heterocycles. The van der Waals surface area contributed by atoms with Gasteiger partial charge in [0.15, 0.2) is 0 Å². The number of nitrogens with one attached hydrogen (secondary N) is 1. The Morgan fingerprint density at radius 2 is 1.70 bits per heavy atom. The van der Waals surface area contributed by atoms with E-state index in [1.165, 1.54) is 45.3 Å². The van der Waals surface area contributed by atoms with Gasteiger partial charge in [-0.1, -0.05) is 13.8 Å². The fraction of sp³-hybridized carbons (Fsp3) is 1.00. The van der Waals surface area contributed by atoms with E-state index in [0.717, 1.165) is 32.3 Å². The summed E-state index contributed by atoms with van der Waals surface area (Å²) in [6.07, 6.45) is 5.06. The van der Waals surface area contributed by atoms with E-state index in [1.54, 1.807) is 0 Å². The number of nitrogens with zero attached hydrogens (tertiary/aromatic N) is 2. The monoisotopic (exact) mass is 283 g/mol. The molecule has 0 aromatic heterocycles. The predicted molar refractivity (Wildman–Crippen MR) is 84.2 cm³/mol. The summed E-state index contributed by atoms with van der Waals surface area (Å²) >= 11 is 0. The van der Waals surface area contributed by atoms with Crippen LogP contribution in [-0.4, -0.2) is 74.4 Å². The van der Waals surface area contributed by atoms with E-state index in [1.807, 2.05) is 13.8 Å². The summed E-state index contributed by atoms with van der Waals surface area (Å²) in [7, 11) is 2.24. The number of likely N-dealkylation sites (tertiary alicyclic amines) is 1. The van der Waals surface area contributed by atoms with E-state index < -0.39 is 0 Å². The van der Waals surface area contributed by atoms with Gasteiger partial charge in [0.05, 0.1) is 12.2 Å². The zero-order valence-electron chi connectivity index (χ0n) is 13.7. The third kappa shape index (κ3) is 3.94. The molecule has 3 saturated heterocycles. The van der Waals surface area contributed by atoms with E-state index in [0.29, 0.717) is 0 Å². The Hall–Kier alpha value is -0.160. The molecule has 4 heteroatoms. The minimum atomic E-state index is 0.173. The molecule has 0 unspecified atom stereocenters. The van der Waals surface area contributed by atoms with Crippen molar-refractivity contribution in [1.82, 2.24) is 15.1 Å². The van der Waals surface area contributed by atoms with Crippen molar-refractivity contribution in [3.63, 3.8) is 0 Å². The minimum absolute atomic E-state index is 0.173. The quantitative estimate of drug-likeness (QED) is 0.790. The maximum absolute atomic E-state index is 6.16. The molecule has 1 spiro atoms. The van der Waals surface area contributed by atoms with Gasteiger partial charge < -0.3 is 15.0 Å². The van der Waals surface area contributed by atoms with E-state index in [2.05, 4.69) is 22.2 Å². The van der Waals surface area contributed by atoms with Crippen LogP contribution in [0.5, 0.6) is 0 Å². The highest BCUT2D eigenvalue weighted by atomic mass is 16.5. The van der Waals surface area contributed by atoms with Crippen LogP contribution >= 0.6 is 0 Å². The van der Waals surface area contributed by atoms with E-state index in [4.69, 9.17) is 4.74 Å². The van der Waals surface area contributed by atoms with Crippen molar-refractivity contribution in [2.24, 2.45) is 0 Å². The van der Waals surface area contributed by atoms with Crippen LogP contribution in [0.4, 0.5) is 0 Å². The molecule has 4 nitrogen and oxygen atoms in total. The maximum Gasteiger partial charge on any atom is 0.0833 e. The maximum atomic E-state index is 6.16. The molecular formula is C16H33N3O. The van der Waals surface area contributed by atoms with Gasteiger partial charge in [0.25, 0.3) is 0 Å². The molecule has 0 aromatic carbocycles. The van der Waals surface area contributed by atoms with Crippen LogP contribution in [0, 0.1) is 0 Å². The van der Waals surface area contributed by atoms with Gasteiger partial charge in [-0.3, -0.25) is 4.90 Å². The molecule has 20 heavy (non-hydrogen) atoms. The first-order valence-corrected chi connectivity index (χ1v) is 8.55. The van der Waals surface area contributed by atoms with E-state index in [9.17, 15) is 0 Å². The second kappa shape index (κ2) is 7.74. The SMILES string of the molecule is CC.CN1CCC(N2CCOC3(CCNCC3)C2)CC1. The highest BCUT2D eigenvalue weighted by Crippen LogP contribution is 2.30. The first kappa shape index (κ1) is 16.2. The van der Waals surface area contributed by atoms with Gasteiger partial charge in [0, 0.05) is 19.1 Å². The normalized spacial score (nSPS) is 28.9. The highest BCUT2D eigenvalue weighted by Gasteiger charge is 2.39. The number of piperidine rings is 2. The molecule has 3 aliphatic heterocycles. The van der Waals surface area contributed by atoms with Crippen LogP contribution in [0.15, 0.2) is 0 Å². The number of hydrogen-bond acceptors (Lipinski definition) is 4. The number of hydrogen-bond donors (Lipinski definition) is 1. The molecule has 3 rings (SSSR count). The van der Waals surface area contributed by atoms with Crippen LogP contribution in [0.1, 0.15) is 39.5 Å². The minimum Gasteiger partial charge on any atom is -0.372 e. The van der Waals surface area contributed by atoms with E-state index >= 15 is 0 Å². The fourth-order valence-corrected chi connectivity index (χ4v) is 3.73. The van der Waals surface area contributed by atoms with Crippen molar-refractivity contribution in [3.8, 4) is 0 Å². The summed E-state index contributed by atoms with van der Waals surface area (Å²) in [5.74, 6) is 0. The lowest BCUT2D eigenvalue weighted by atomic mass is 9.89. The topological polar surface area (TPSA) is 27.7 Å².